The van der Waals surface area contributed by atoms with Gasteiger partial charge in [0.05, 0.1) is 10.4 Å². The van der Waals surface area contributed by atoms with Gasteiger partial charge in [0.2, 0.25) is 10.0 Å². The molecule has 0 bridgehead atoms. The van der Waals surface area contributed by atoms with Crippen LogP contribution in [0.5, 0.6) is 0 Å². The van der Waals surface area contributed by atoms with E-state index in [0.717, 1.165) is 21.1 Å². The molecule has 4 rings (SSSR count). The molecule has 0 radical (unpaired) electrons. The fourth-order valence-corrected chi connectivity index (χ4v) is 5.16. The minimum Gasteiger partial charge on any atom is -0.368 e. The number of pyridine rings is 1. The van der Waals surface area contributed by atoms with Gasteiger partial charge in [-0.05, 0) is 48.5 Å². The van der Waals surface area contributed by atoms with Gasteiger partial charge in [-0.25, -0.2) is 8.42 Å². The van der Waals surface area contributed by atoms with E-state index in [1.807, 2.05) is 24.3 Å². The summed E-state index contributed by atoms with van der Waals surface area (Å²) in [6, 6.07) is 14.4. The summed E-state index contributed by atoms with van der Waals surface area (Å²) in [5.74, 6) is 0. The molecule has 0 N–H and O–H groups in total. The van der Waals surface area contributed by atoms with Crippen molar-refractivity contribution >= 4 is 54.1 Å². The van der Waals surface area contributed by atoms with Crippen LogP contribution in [0.1, 0.15) is 0 Å². The number of piperazine rings is 1. The van der Waals surface area contributed by atoms with Crippen LogP contribution in [-0.2, 0) is 10.0 Å². The van der Waals surface area contributed by atoms with Gasteiger partial charge in [-0.3, -0.25) is 4.98 Å². The van der Waals surface area contributed by atoms with Gasteiger partial charge < -0.3 is 4.90 Å². The molecule has 27 heavy (non-hydrogen) atoms. The molecule has 140 valence electrons. The molecule has 2 heterocycles. The number of sulfonamides is 1. The van der Waals surface area contributed by atoms with E-state index in [0.29, 0.717) is 36.1 Å². The van der Waals surface area contributed by atoms with Crippen molar-refractivity contribution in [3.8, 4) is 0 Å². The Morgan fingerprint density at radius 3 is 2.37 bits per heavy atom. The van der Waals surface area contributed by atoms with E-state index < -0.39 is 10.0 Å². The summed E-state index contributed by atoms with van der Waals surface area (Å²) < 4.78 is 28.1. The number of nitrogens with zero attached hydrogens (tertiary/aromatic N) is 3. The summed E-state index contributed by atoms with van der Waals surface area (Å²) >= 11 is 9.40. The Morgan fingerprint density at radius 1 is 0.963 bits per heavy atom. The third-order valence-corrected chi connectivity index (χ3v) is 7.39. The van der Waals surface area contributed by atoms with Crippen molar-refractivity contribution in [1.29, 1.82) is 0 Å². The number of anilines is 1. The topological polar surface area (TPSA) is 53.5 Å². The van der Waals surface area contributed by atoms with E-state index in [-0.39, 0.29) is 0 Å². The molecule has 0 saturated carbocycles. The minimum atomic E-state index is -3.48. The van der Waals surface area contributed by atoms with E-state index in [1.165, 1.54) is 0 Å². The third kappa shape index (κ3) is 3.69. The largest absolute Gasteiger partial charge is 0.368 e. The van der Waals surface area contributed by atoms with E-state index in [4.69, 9.17) is 11.6 Å². The molecule has 0 spiro atoms. The number of rotatable bonds is 3. The number of benzene rings is 2. The molecule has 5 nitrogen and oxygen atoms in total. The molecule has 0 amide bonds. The van der Waals surface area contributed by atoms with Gasteiger partial charge in [0.25, 0.3) is 0 Å². The molecule has 0 atom stereocenters. The quantitative estimate of drug-likeness (QED) is 0.581. The van der Waals surface area contributed by atoms with Crippen molar-refractivity contribution in [2.24, 2.45) is 0 Å². The van der Waals surface area contributed by atoms with Crippen LogP contribution in [0.25, 0.3) is 10.9 Å². The highest BCUT2D eigenvalue weighted by atomic mass is 79.9. The number of halogens is 2. The van der Waals surface area contributed by atoms with E-state index in [9.17, 15) is 8.42 Å². The first kappa shape index (κ1) is 18.7. The predicted molar refractivity (Wildman–Crippen MR) is 112 cm³/mol. The molecular formula is C19H17BrClN3O2S. The van der Waals surface area contributed by atoms with Gasteiger partial charge >= 0.3 is 0 Å². The van der Waals surface area contributed by atoms with Crippen LogP contribution in [0.4, 0.5) is 5.69 Å². The van der Waals surface area contributed by atoms with E-state index in [2.05, 4.69) is 25.8 Å². The van der Waals surface area contributed by atoms with Gasteiger partial charge in [-0.15, -0.1) is 0 Å². The van der Waals surface area contributed by atoms with Gasteiger partial charge in [0.1, 0.15) is 0 Å². The van der Waals surface area contributed by atoms with Crippen LogP contribution in [0, 0.1) is 0 Å². The Labute approximate surface area is 171 Å². The Morgan fingerprint density at radius 2 is 1.67 bits per heavy atom. The van der Waals surface area contributed by atoms with E-state index >= 15 is 0 Å². The van der Waals surface area contributed by atoms with Crippen molar-refractivity contribution < 1.29 is 8.42 Å². The van der Waals surface area contributed by atoms with Crippen LogP contribution in [0.3, 0.4) is 0 Å². The molecule has 1 saturated heterocycles. The van der Waals surface area contributed by atoms with Gasteiger partial charge in [-0.1, -0.05) is 27.5 Å². The maximum absolute atomic E-state index is 12.9. The molecule has 2 aromatic carbocycles. The second kappa shape index (κ2) is 7.39. The standard InChI is InChI=1S/C19H17BrClN3O2S/c20-14-1-4-16(5-2-14)27(25,26)24-11-9-23(10-12-24)19-7-8-22-18-13-15(21)3-6-17(18)19/h1-8,13H,9-12H2. The van der Waals surface area contributed by atoms with Crippen molar-refractivity contribution in [1.82, 2.24) is 9.29 Å². The lowest BCUT2D eigenvalue weighted by atomic mass is 10.1. The van der Waals surface area contributed by atoms with Crippen LogP contribution >= 0.6 is 27.5 Å². The zero-order valence-electron chi connectivity index (χ0n) is 14.3. The second-order valence-electron chi connectivity index (χ2n) is 6.34. The average Bonchev–Trinajstić information content (AvgIpc) is 2.68. The summed E-state index contributed by atoms with van der Waals surface area (Å²) in [6.07, 6.45) is 1.76. The fraction of sp³-hybridized carbons (Fsp3) is 0.211. The first-order valence-corrected chi connectivity index (χ1v) is 11.1. The zero-order chi connectivity index (χ0) is 19.0. The second-order valence-corrected chi connectivity index (χ2v) is 9.63. The summed E-state index contributed by atoms with van der Waals surface area (Å²) in [5, 5.41) is 1.67. The van der Waals surface area contributed by atoms with Crippen molar-refractivity contribution in [2.45, 2.75) is 4.90 Å². The number of aromatic nitrogens is 1. The molecule has 1 fully saturated rings. The van der Waals surface area contributed by atoms with Crippen LogP contribution in [0.15, 0.2) is 64.1 Å². The normalized spacial score (nSPS) is 16.0. The molecule has 1 aromatic heterocycles. The van der Waals surface area contributed by atoms with Crippen molar-refractivity contribution in [3.63, 3.8) is 0 Å². The third-order valence-electron chi connectivity index (χ3n) is 4.71. The summed E-state index contributed by atoms with van der Waals surface area (Å²) in [4.78, 5) is 6.90. The molecule has 0 unspecified atom stereocenters. The zero-order valence-corrected chi connectivity index (χ0v) is 17.5. The Kier molecular flexibility index (Phi) is 5.11. The number of hydrogen-bond acceptors (Lipinski definition) is 4. The van der Waals surface area contributed by atoms with Gasteiger partial charge in [0, 0.05) is 52.9 Å². The van der Waals surface area contributed by atoms with E-state index in [1.54, 1.807) is 34.8 Å². The number of fused-ring (bicyclic) bond motifs is 1. The number of hydrogen-bond donors (Lipinski definition) is 0. The SMILES string of the molecule is O=S(=O)(c1ccc(Br)cc1)N1CCN(c2ccnc3cc(Cl)ccc23)CC1. The maximum Gasteiger partial charge on any atom is 0.243 e. The van der Waals surface area contributed by atoms with Crippen molar-refractivity contribution in [2.75, 3.05) is 31.1 Å². The average molecular weight is 467 g/mol. The minimum absolute atomic E-state index is 0.322. The highest BCUT2D eigenvalue weighted by Crippen LogP contribution is 2.29. The highest BCUT2D eigenvalue weighted by molar-refractivity contribution is 9.10. The van der Waals surface area contributed by atoms with Gasteiger partial charge in [0.15, 0.2) is 0 Å². The first-order chi connectivity index (χ1) is 12.9. The fourth-order valence-electron chi connectivity index (χ4n) is 3.31. The monoisotopic (exact) mass is 465 g/mol. The Balaban J connectivity index is 1.55. The molecule has 1 aliphatic heterocycles. The lowest BCUT2D eigenvalue weighted by Crippen LogP contribution is -2.48. The van der Waals surface area contributed by atoms with Gasteiger partial charge in [-0.2, -0.15) is 4.31 Å². The molecular weight excluding hydrogens is 450 g/mol. The lowest BCUT2D eigenvalue weighted by molar-refractivity contribution is 0.385. The van der Waals surface area contributed by atoms with Crippen LogP contribution < -0.4 is 4.90 Å². The summed E-state index contributed by atoms with van der Waals surface area (Å²) in [5.41, 5.74) is 1.89. The van der Waals surface area contributed by atoms with Crippen LogP contribution in [0.2, 0.25) is 5.02 Å². The first-order valence-electron chi connectivity index (χ1n) is 8.50. The molecule has 1 aliphatic rings. The van der Waals surface area contributed by atoms with Crippen LogP contribution in [-0.4, -0.2) is 43.9 Å². The lowest BCUT2D eigenvalue weighted by Gasteiger charge is -2.35. The summed E-state index contributed by atoms with van der Waals surface area (Å²) in [7, 11) is -3.48. The predicted octanol–water partition coefficient (Wildman–Crippen LogP) is 4.16. The van der Waals surface area contributed by atoms with Crippen molar-refractivity contribution in [3.05, 3.63) is 64.2 Å². The maximum atomic E-state index is 12.9. The Bertz CT molecular complexity index is 1080. The summed E-state index contributed by atoms with van der Waals surface area (Å²) in [6.45, 7) is 2.13. The molecule has 0 aliphatic carbocycles. The highest BCUT2D eigenvalue weighted by Gasteiger charge is 2.29. The smallest absolute Gasteiger partial charge is 0.243 e. The Hall–Kier alpha value is -1.67. The molecule has 3 aromatic rings. The molecule has 8 heteroatoms.